The molecule has 10 heteroatoms. The number of hydrogen-bond donors (Lipinski definition) is 2. The third-order valence-corrected chi connectivity index (χ3v) is 5.63. The summed E-state index contributed by atoms with van der Waals surface area (Å²) in [6.07, 6.45) is 2.03. The van der Waals surface area contributed by atoms with E-state index in [4.69, 9.17) is 0 Å². The van der Waals surface area contributed by atoms with Crippen molar-refractivity contribution < 1.29 is 18.4 Å². The molecule has 33 heavy (non-hydrogen) atoms. The number of halogens is 2. The Hall–Kier alpha value is -3.53. The molecule has 2 aromatic carbocycles. The van der Waals surface area contributed by atoms with Crippen molar-refractivity contribution in [2.24, 2.45) is 0 Å². The quantitative estimate of drug-likeness (QED) is 0.347. The number of amides is 2. The predicted molar refractivity (Wildman–Crippen MR) is 123 cm³/mol. The van der Waals surface area contributed by atoms with Crippen molar-refractivity contribution in [2.45, 2.75) is 25.0 Å². The molecule has 0 aliphatic carbocycles. The maximum Gasteiger partial charge on any atom is 0.254 e. The predicted octanol–water partition coefficient (Wildman–Crippen LogP) is 3.75. The number of nitrogens with one attached hydrogen (secondary N) is 2. The lowest BCUT2D eigenvalue weighted by molar-refractivity contribution is -0.113. The van der Waals surface area contributed by atoms with Gasteiger partial charge in [-0.25, -0.2) is 8.78 Å². The largest absolute Gasteiger partial charge is 0.351 e. The van der Waals surface area contributed by atoms with E-state index in [1.165, 1.54) is 42.1 Å². The van der Waals surface area contributed by atoms with Crippen LogP contribution in [0.3, 0.4) is 0 Å². The molecule has 172 valence electrons. The first kappa shape index (κ1) is 24.1. The van der Waals surface area contributed by atoms with Gasteiger partial charge in [-0.2, -0.15) is 0 Å². The maximum absolute atomic E-state index is 13.7. The van der Waals surface area contributed by atoms with Gasteiger partial charge >= 0.3 is 0 Å². The summed E-state index contributed by atoms with van der Waals surface area (Å²) in [5, 5.41) is 14.1. The first-order valence-electron chi connectivity index (χ1n) is 10.1. The molecule has 2 amide bonds. The Morgan fingerprint density at radius 3 is 2.73 bits per heavy atom. The Bertz CT molecular complexity index is 1170. The molecule has 0 bridgehead atoms. The van der Waals surface area contributed by atoms with Crippen LogP contribution >= 0.6 is 11.8 Å². The van der Waals surface area contributed by atoms with Crippen LogP contribution < -0.4 is 10.6 Å². The number of nitrogens with zero attached hydrogens (tertiary/aromatic N) is 3. The summed E-state index contributed by atoms with van der Waals surface area (Å²) < 4.78 is 28.9. The molecule has 0 fully saturated rings. The maximum atomic E-state index is 13.7. The Morgan fingerprint density at radius 1 is 1.18 bits per heavy atom. The lowest BCUT2D eigenvalue weighted by Gasteiger charge is -2.10. The van der Waals surface area contributed by atoms with Crippen molar-refractivity contribution in [1.29, 1.82) is 0 Å². The molecule has 7 nitrogen and oxygen atoms in total. The van der Waals surface area contributed by atoms with Crippen molar-refractivity contribution >= 4 is 29.3 Å². The number of allylic oxidation sites excluding steroid dienone is 1. The van der Waals surface area contributed by atoms with Crippen LogP contribution in [0.5, 0.6) is 0 Å². The molecule has 3 rings (SSSR count). The van der Waals surface area contributed by atoms with E-state index in [1.807, 2.05) is 0 Å². The third-order valence-electron chi connectivity index (χ3n) is 4.66. The van der Waals surface area contributed by atoms with Crippen molar-refractivity contribution in [3.8, 4) is 0 Å². The SMILES string of the molecule is C=CCn1c(CCNC(=O)c2ccccc2F)nnc1SCC(=O)Nc1cc(F)ccc1C. The van der Waals surface area contributed by atoms with Crippen molar-refractivity contribution in [3.63, 3.8) is 0 Å². The van der Waals surface area contributed by atoms with Crippen molar-refractivity contribution in [1.82, 2.24) is 20.1 Å². The highest BCUT2D eigenvalue weighted by molar-refractivity contribution is 7.99. The molecule has 0 aliphatic rings. The lowest BCUT2D eigenvalue weighted by atomic mass is 10.2. The molecular weight excluding hydrogens is 448 g/mol. The van der Waals surface area contributed by atoms with E-state index in [1.54, 1.807) is 29.7 Å². The monoisotopic (exact) mass is 471 g/mol. The molecule has 0 atom stereocenters. The number of benzene rings is 2. The van der Waals surface area contributed by atoms with Crippen LogP contribution in [0.25, 0.3) is 0 Å². The van der Waals surface area contributed by atoms with Crippen molar-refractivity contribution in [2.75, 3.05) is 17.6 Å². The Kier molecular flexibility index (Phi) is 8.31. The average molecular weight is 472 g/mol. The van der Waals surface area contributed by atoms with Gasteiger partial charge in [0.1, 0.15) is 17.5 Å². The summed E-state index contributed by atoms with van der Waals surface area (Å²) in [5.41, 5.74) is 1.14. The van der Waals surface area contributed by atoms with Crippen LogP contribution in [0, 0.1) is 18.6 Å². The number of hydrogen-bond acceptors (Lipinski definition) is 5. The van der Waals surface area contributed by atoms with Crippen molar-refractivity contribution in [3.05, 3.63) is 83.7 Å². The highest BCUT2D eigenvalue weighted by atomic mass is 32.2. The fourth-order valence-corrected chi connectivity index (χ4v) is 3.76. The zero-order valence-corrected chi connectivity index (χ0v) is 18.8. The van der Waals surface area contributed by atoms with E-state index in [-0.39, 0.29) is 23.8 Å². The number of rotatable bonds is 10. The van der Waals surface area contributed by atoms with Crippen LogP contribution in [-0.4, -0.2) is 38.9 Å². The van der Waals surface area contributed by atoms with Gasteiger partial charge in [-0.3, -0.25) is 9.59 Å². The first-order chi connectivity index (χ1) is 15.9. The van der Waals surface area contributed by atoms with Gasteiger partial charge in [-0.05, 0) is 36.8 Å². The number of aryl methyl sites for hydroxylation is 1. The standard InChI is InChI=1S/C23H23F2N5O2S/c1-3-12-30-20(10-11-26-22(32)17-6-4-5-7-18(17)25)28-29-23(30)33-14-21(31)27-19-13-16(24)9-8-15(19)2/h3-9,13H,1,10-12,14H2,2H3,(H,26,32)(H,27,31). The molecule has 0 saturated carbocycles. The minimum atomic E-state index is -0.588. The molecule has 1 aromatic heterocycles. The molecule has 2 N–H and O–H groups in total. The first-order valence-corrected chi connectivity index (χ1v) is 11.1. The Labute approximate surface area is 194 Å². The van der Waals surface area contributed by atoms with Gasteiger partial charge in [0.25, 0.3) is 5.91 Å². The molecule has 0 radical (unpaired) electrons. The smallest absolute Gasteiger partial charge is 0.254 e. The molecule has 0 spiro atoms. The summed E-state index contributed by atoms with van der Waals surface area (Å²) in [5.74, 6) is -1.19. The van der Waals surface area contributed by atoms with Gasteiger partial charge in [0.2, 0.25) is 5.91 Å². The van der Waals surface area contributed by atoms with Crippen LogP contribution in [0.1, 0.15) is 21.7 Å². The molecule has 1 heterocycles. The van der Waals surface area contributed by atoms with Gasteiger partial charge in [-0.1, -0.05) is 36.0 Å². The van der Waals surface area contributed by atoms with Gasteiger partial charge < -0.3 is 15.2 Å². The molecule has 3 aromatic rings. The van der Waals surface area contributed by atoms with E-state index in [2.05, 4.69) is 27.4 Å². The molecule has 0 aliphatic heterocycles. The topological polar surface area (TPSA) is 88.9 Å². The zero-order chi connectivity index (χ0) is 23.8. The number of anilines is 1. The fraction of sp³-hybridized carbons (Fsp3) is 0.217. The van der Waals surface area contributed by atoms with Crippen LogP contribution in [-0.2, 0) is 17.8 Å². The Balaban J connectivity index is 1.58. The van der Waals surface area contributed by atoms with Gasteiger partial charge in [0.15, 0.2) is 5.16 Å². The number of carbonyl (C=O) groups excluding carboxylic acids is 2. The summed E-state index contributed by atoms with van der Waals surface area (Å²) in [6.45, 7) is 6.15. The van der Waals surface area contributed by atoms with E-state index < -0.39 is 17.5 Å². The third kappa shape index (κ3) is 6.48. The minimum Gasteiger partial charge on any atom is -0.351 e. The van der Waals surface area contributed by atoms with E-state index in [0.717, 1.165) is 5.56 Å². The highest BCUT2D eigenvalue weighted by Crippen LogP contribution is 2.20. The minimum absolute atomic E-state index is 0.0270. The zero-order valence-electron chi connectivity index (χ0n) is 18.0. The molecule has 0 saturated heterocycles. The number of carbonyl (C=O) groups is 2. The second-order valence-electron chi connectivity index (χ2n) is 7.08. The van der Waals surface area contributed by atoms with Crippen LogP contribution in [0.15, 0.2) is 60.3 Å². The average Bonchev–Trinajstić information content (AvgIpc) is 3.17. The summed E-state index contributed by atoms with van der Waals surface area (Å²) in [6, 6.07) is 9.94. The summed E-state index contributed by atoms with van der Waals surface area (Å²) >= 11 is 1.18. The summed E-state index contributed by atoms with van der Waals surface area (Å²) in [4.78, 5) is 24.5. The second-order valence-corrected chi connectivity index (χ2v) is 8.02. The normalized spacial score (nSPS) is 10.6. The van der Waals surface area contributed by atoms with E-state index in [9.17, 15) is 18.4 Å². The highest BCUT2D eigenvalue weighted by Gasteiger charge is 2.15. The molecule has 0 unspecified atom stereocenters. The molecular formula is C23H23F2N5O2S. The van der Waals surface area contributed by atoms with Crippen LogP contribution in [0.2, 0.25) is 0 Å². The summed E-state index contributed by atoms with van der Waals surface area (Å²) in [7, 11) is 0. The number of thioether (sulfide) groups is 1. The number of aromatic nitrogens is 3. The second kappa shape index (κ2) is 11.4. The van der Waals surface area contributed by atoms with E-state index in [0.29, 0.717) is 29.6 Å². The van der Waals surface area contributed by atoms with Crippen LogP contribution in [0.4, 0.5) is 14.5 Å². The van der Waals surface area contributed by atoms with Gasteiger partial charge in [0, 0.05) is 25.2 Å². The fourth-order valence-electron chi connectivity index (χ4n) is 3.00. The van der Waals surface area contributed by atoms with Gasteiger partial charge in [0.05, 0.1) is 11.3 Å². The Morgan fingerprint density at radius 2 is 1.97 bits per heavy atom. The van der Waals surface area contributed by atoms with E-state index >= 15 is 0 Å². The lowest BCUT2D eigenvalue weighted by Crippen LogP contribution is -2.27. The van der Waals surface area contributed by atoms with Gasteiger partial charge in [-0.15, -0.1) is 16.8 Å².